The molecule has 3 rings (SSSR count). The van der Waals surface area contributed by atoms with E-state index in [1.165, 1.54) is 0 Å². The Morgan fingerprint density at radius 2 is 2.04 bits per heavy atom. The van der Waals surface area contributed by atoms with Crippen molar-refractivity contribution in [2.24, 2.45) is 0 Å². The molecule has 1 N–H and O–H groups in total. The number of aryl methyl sites for hydroxylation is 1. The Balaban J connectivity index is 0.00000192. The summed E-state index contributed by atoms with van der Waals surface area (Å²) in [6.45, 7) is 2.62. The van der Waals surface area contributed by atoms with Crippen molar-refractivity contribution < 1.29 is 4.42 Å². The highest BCUT2D eigenvalue weighted by molar-refractivity contribution is 6.33. The van der Waals surface area contributed by atoms with Crippen molar-refractivity contribution in [2.75, 3.05) is 6.54 Å². The Labute approximate surface area is 146 Å². The van der Waals surface area contributed by atoms with Gasteiger partial charge in [0.25, 0.3) is 0 Å². The van der Waals surface area contributed by atoms with Gasteiger partial charge in [-0.15, -0.1) is 12.4 Å². The Morgan fingerprint density at radius 1 is 1.17 bits per heavy atom. The second-order valence-electron chi connectivity index (χ2n) is 5.08. The molecule has 4 nitrogen and oxygen atoms in total. The highest BCUT2D eigenvalue weighted by atomic mass is 35.5. The van der Waals surface area contributed by atoms with E-state index in [1.54, 1.807) is 6.20 Å². The standard InChI is InChI=1S/C17H18ClN3O.ClH/c18-16-5-2-1-4-15(16)17-7-6-14(22-17)12-19-8-3-10-21-11-9-20-13-21;/h1-2,4-7,9,11,13,19H,3,8,10,12H2;1H. The van der Waals surface area contributed by atoms with E-state index in [1.807, 2.05) is 48.9 Å². The zero-order valence-corrected chi connectivity index (χ0v) is 14.2. The zero-order chi connectivity index (χ0) is 15.2. The predicted molar refractivity (Wildman–Crippen MR) is 95.0 cm³/mol. The van der Waals surface area contributed by atoms with Crippen LogP contribution in [0.25, 0.3) is 11.3 Å². The lowest BCUT2D eigenvalue weighted by molar-refractivity contribution is 0.484. The quantitative estimate of drug-likeness (QED) is 0.641. The van der Waals surface area contributed by atoms with Crippen molar-refractivity contribution in [3.05, 3.63) is 65.9 Å². The summed E-state index contributed by atoms with van der Waals surface area (Å²) in [5, 5.41) is 4.09. The fourth-order valence-corrected chi connectivity index (χ4v) is 2.52. The average molecular weight is 352 g/mol. The Kier molecular flexibility index (Phi) is 6.71. The molecule has 0 saturated carbocycles. The Bertz CT molecular complexity index is 710. The maximum absolute atomic E-state index is 6.18. The van der Waals surface area contributed by atoms with Gasteiger partial charge in [0.15, 0.2) is 0 Å². The first kappa shape index (κ1) is 17.6. The first-order valence-corrected chi connectivity index (χ1v) is 7.71. The van der Waals surface area contributed by atoms with Gasteiger partial charge >= 0.3 is 0 Å². The number of nitrogens with zero attached hydrogens (tertiary/aromatic N) is 2. The summed E-state index contributed by atoms with van der Waals surface area (Å²) in [5.74, 6) is 1.72. The van der Waals surface area contributed by atoms with E-state index in [2.05, 4.69) is 14.9 Å². The van der Waals surface area contributed by atoms with Crippen molar-refractivity contribution in [1.29, 1.82) is 0 Å². The van der Waals surface area contributed by atoms with Crippen molar-refractivity contribution >= 4 is 24.0 Å². The van der Waals surface area contributed by atoms with Gasteiger partial charge in [0, 0.05) is 24.5 Å². The van der Waals surface area contributed by atoms with Crippen LogP contribution in [-0.2, 0) is 13.1 Å². The van der Waals surface area contributed by atoms with E-state index in [9.17, 15) is 0 Å². The highest BCUT2D eigenvalue weighted by Crippen LogP contribution is 2.28. The summed E-state index contributed by atoms with van der Waals surface area (Å²) >= 11 is 6.18. The number of furan rings is 1. The van der Waals surface area contributed by atoms with Gasteiger partial charge in [-0.2, -0.15) is 0 Å². The number of benzene rings is 1. The van der Waals surface area contributed by atoms with Crippen LogP contribution < -0.4 is 5.32 Å². The number of hydrogen-bond donors (Lipinski definition) is 1. The molecule has 0 spiro atoms. The van der Waals surface area contributed by atoms with Crippen LogP contribution in [0, 0.1) is 0 Å². The highest BCUT2D eigenvalue weighted by Gasteiger charge is 2.07. The van der Waals surface area contributed by atoms with Gasteiger partial charge in [0.1, 0.15) is 11.5 Å². The molecule has 0 aliphatic rings. The number of halogens is 2. The number of imidazole rings is 1. The molecule has 0 aliphatic heterocycles. The fourth-order valence-electron chi connectivity index (χ4n) is 2.30. The maximum atomic E-state index is 6.18. The fraction of sp³-hybridized carbons (Fsp3) is 0.235. The van der Waals surface area contributed by atoms with Crippen LogP contribution in [0.1, 0.15) is 12.2 Å². The van der Waals surface area contributed by atoms with Crippen molar-refractivity contribution in [3.8, 4) is 11.3 Å². The lowest BCUT2D eigenvalue weighted by Crippen LogP contribution is -2.15. The number of hydrogen-bond acceptors (Lipinski definition) is 3. The van der Waals surface area contributed by atoms with Gasteiger partial charge in [0.05, 0.1) is 17.9 Å². The SMILES string of the molecule is Cl.Clc1ccccc1-c1ccc(CNCCCn2ccnc2)o1. The van der Waals surface area contributed by atoms with E-state index in [-0.39, 0.29) is 12.4 Å². The Morgan fingerprint density at radius 3 is 2.83 bits per heavy atom. The van der Waals surface area contributed by atoms with Crippen LogP contribution in [-0.4, -0.2) is 16.1 Å². The predicted octanol–water partition coefficient (Wildman–Crippen LogP) is 4.40. The van der Waals surface area contributed by atoms with Crippen LogP contribution >= 0.6 is 24.0 Å². The molecule has 0 saturated heterocycles. The smallest absolute Gasteiger partial charge is 0.135 e. The number of rotatable bonds is 7. The molecule has 3 aromatic rings. The lowest BCUT2D eigenvalue weighted by atomic mass is 10.2. The molecule has 0 unspecified atom stereocenters. The topological polar surface area (TPSA) is 43.0 Å². The molecule has 0 amide bonds. The first-order valence-electron chi connectivity index (χ1n) is 7.33. The monoisotopic (exact) mass is 351 g/mol. The molecule has 0 aliphatic carbocycles. The molecule has 2 heterocycles. The molecule has 0 bridgehead atoms. The molecular formula is C17H19Cl2N3O. The minimum atomic E-state index is 0. The van der Waals surface area contributed by atoms with Crippen LogP contribution in [0.15, 0.2) is 59.5 Å². The summed E-state index contributed by atoms with van der Waals surface area (Å²) < 4.78 is 7.91. The summed E-state index contributed by atoms with van der Waals surface area (Å²) in [7, 11) is 0. The van der Waals surface area contributed by atoms with Gasteiger partial charge in [-0.1, -0.05) is 23.7 Å². The molecule has 2 aromatic heterocycles. The molecular weight excluding hydrogens is 333 g/mol. The van der Waals surface area contributed by atoms with Crippen molar-refractivity contribution in [1.82, 2.24) is 14.9 Å². The summed E-state index contributed by atoms with van der Waals surface area (Å²) in [6, 6.07) is 11.7. The van der Waals surface area contributed by atoms with Crippen LogP contribution in [0.2, 0.25) is 5.02 Å². The van der Waals surface area contributed by atoms with E-state index in [0.29, 0.717) is 11.6 Å². The third-order valence-corrected chi connectivity index (χ3v) is 3.76. The third-order valence-electron chi connectivity index (χ3n) is 3.43. The van der Waals surface area contributed by atoms with Gasteiger partial charge in [0.2, 0.25) is 0 Å². The second kappa shape index (κ2) is 8.77. The molecule has 1 aromatic carbocycles. The van der Waals surface area contributed by atoms with Crippen molar-refractivity contribution in [3.63, 3.8) is 0 Å². The molecule has 6 heteroatoms. The van der Waals surface area contributed by atoms with E-state index >= 15 is 0 Å². The molecule has 23 heavy (non-hydrogen) atoms. The first-order chi connectivity index (χ1) is 10.8. The van der Waals surface area contributed by atoms with Crippen LogP contribution in [0.3, 0.4) is 0 Å². The third kappa shape index (κ3) is 4.86. The summed E-state index contributed by atoms with van der Waals surface area (Å²) in [4.78, 5) is 4.02. The van der Waals surface area contributed by atoms with Gasteiger partial charge in [-0.05, 0) is 37.2 Å². The average Bonchev–Trinajstić information content (AvgIpc) is 3.19. The lowest BCUT2D eigenvalue weighted by Gasteiger charge is -2.04. The summed E-state index contributed by atoms with van der Waals surface area (Å²) in [5.41, 5.74) is 0.926. The normalized spacial score (nSPS) is 10.5. The van der Waals surface area contributed by atoms with E-state index in [0.717, 1.165) is 36.6 Å². The van der Waals surface area contributed by atoms with Crippen LogP contribution in [0.5, 0.6) is 0 Å². The largest absolute Gasteiger partial charge is 0.460 e. The Hall–Kier alpha value is -1.75. The van der Waals surface area contributed by atoms with Gasteiger partial charge < -0.3 is 14.3 Å². The molecule has 0 atom stereocenters. The van der Waals surface area contributed by atoms with E-state index in [4.69, 9.17) is 16.0 Å². The molecule has 122 valence electrons. The van der Waals surface area contributed by atoms with Gasteiger partial charge in [-0.25, -0.2) is 4.98 Å². The zero-order valence-electron chi connectivity index (χ0n) is 12.6. The molecule has 0 fully saturated rings. The minimum Gasteiger partial charge on any atom is -0.460 e. The number of aromatic nitrogens is 2. The number of nitrogens with one attached hydrogen (secondary N) is 1. The second-order valence-corrected chi connectivity index (χ2v) is 5.48. The van der Waals surface area contributed by atoms with Crippen molar-refractivity contribution in [2.45, 2.75) is 19.5 Å². The maximum Gasteiger partial charge on any atom is 0.135 e. The van der Waals surface area contributed by atoms with E-state index < -0.39 is 0 Å². The summed E-state index contributed by atoms with van der Waals surface area (Å²) in [6.07, 6.45) is 6.66. The molecule has 0 radical (unpaired) electrons. The van der Waals surface area contributed by atoms with Crippen LogP contribution in [0.4, 0.5) is 0 Å². The van der Waals surface area contributed by atoms with Gasteiger partial charge in [-0.3, -0.25) is 0 Å². The minimum absolute atomic E-state index is 0.